The fourth-order valence-corrected chi connectivity index (χ4v) is 5.44. The van der Waals surface area contributed by atoms with Crippen LogP contribution in [0, 0.1) is 0 Å². The molecule has 9 heteroatoms. The SMILES string of the molecule is O=C1Nc2cc(Cl)ccc2C(=O)N(Cc2ccc(C(=O)N3CCCc4cccnc43)cc2)C1Cc1ccccn1. The summed E-state index contributed by atoms with van der Waals surface area (Å²) in [5.41, 5.74) is 3.83. The van der Waals surface area contributed by atoms with Crippen LogP contribution in [0.3, 0.4) is 0 Å². The Labute approximate surface area is 236 Å². The number of carbonyl (C=O) groups excluding carboxylic acids is 3. The molecular formula is C31H26ClN5O3. The van der Waals surface area contributed by atoms with Crippen molar-refractivity contribution in [1.82, 2.24) is 14.9 Å². The summed E-state index contributed by atoms with van der Waals surface area (Å²) in [6.07, 6.45) is 5.40. The molecule has 6 rings (SSSR count). The smallest absolute Gasteiger partial charge is 0.259 e. The van der Waals surface area contributed by atoms with Crippen molar-refractivity contribution in [2.45, 2.75) is 31.8 Å². The summed E-state index contributed by atoms with van der Waals surface area (Å²) < 4.78 is 0. The van der Waals surface area contributed by atoms with E-state index in [1.807, 2.05) is 36.4 Å². The van der Waals surface area contributed by atoms with E-state index >= 15 is 0 Å². The topological polar surface area (TPSA) is 95.5 Å². The maximum atomic E-state index is 13.8. The Hall–Kier alpha value is -4.56. The van der Waals surface area contributed by atoms with E-state index in [1.165, 1.54) is 0 Å². The first-order valence-corrected chi connectivity index (χ1v) is 13.5. The van der Waals surface area contributed by atoms with Crippen molar-refractivity contribution in [1.29, 1.82) is 0 Å². The Bertz CT molecular complexity index is 1590. The summed E-state index contributed by atoms with van der Waals surface area (Å²) >= 11 is 6.16. The highest BCUT2D eigenvalue weighted by Crippen LogP contribution is 2.29. The summed E-state index contributed by atoms with van der Waals surface area (Å²) in [4.78, 5) is 52.7. The number of rotatable bonds is 5. The van der Waals surface area contributed by atoms with Gasteiger partial charge in [-0.1, -0.05) is 35.9 Å². The second kappa shape index (κ2) is 10.9. The van der Waals surface area contributed by atoms with Crippen LogP contribution in [0.15, 0.2) is 85.2 Å². The standard InChI is InChI=1S/C31H26ClN5O3/c32-23-12-13-25-26(17-23)35-29(38)27(18-24-7-1-2-14-33-24)37(31(25)40)19-20-8-10-22(11-9-20)30(39)36-16-4-6-21-5-3-15-34-28(21)36/h1-3,5,7-15,17,27H,4,6,16,18-19H2,(H,35,38). The van der Waals surface area contributed by atoms with Crippen LogP contribution in [0.2, 0.25) is 5.02 Å². The molecule has 3 amide bonds. The molecular weight excluding hydrogens is 526 g/mol. The lowest BCUT2D eigenvalue weighted by Crippen LogP contribution is -2.46. The molecule has 2 aromatic heterocycles. The highest BCUT2D eigenvalue weighted by molar-refractivity contribution is 6.31. The van der Waals surface area contributed by atoms with Gasteiger partial charge in [-0.25, -0.2) is 4.98 Å². The van der Waals surface area contributed by atoms with Crippen LogP contribution in [0.25, 0.3) is 0 Å². The number of halogens is 1. The van der Waals surface area contributed by atoms with Crippen LogP contribution < -0.4 is 10.2 Å². The molecule has 0 saturated carbocycles. The van der Waals surface area contributed by atoms with Crippen LogP contribution in [-0.2, 0) is 24.2 Å². The van der Waals surface area contributed by atoms with E-state index in [4.69, 9.17) is 11.6 Å². The van der Waals surface area contributed by atoms with E-state index < -0.39 is 6.04 Å². The Morgan fingerprint density at radius 2 is 1.80 bits per heavy atom. The molecule has 4 aromatic rings. The quantitative estimate of drug-likeness (QED) is 0.379. The number of anilines is 2. The predicted octanol–water partition coefficient (Wildman–Crippen LogP) is 4.93. The van der Waals surface area contributed by atoms with Gasteiger partial charge < -0.3 is 10.2 Å². The molecule has 1 N–H and O–H groups in total. The number of hydrogen-bond acceptors (Lipinski definition) is 5. The lowest BCUT2D eigenvalue weighted by atomic mass is 10.0. The second-order valence-corrected chi connectivity index (χ2v) is 10.3. The third kappa shape index (κ3) is 5.05. The maximum absolute atomic E-state index is 13.8. The van der Waals surface area contributed by atoms with Crippen molar-refractivity contribution in [3.63, 3.8) is 0 Å². The van der Waals surface area contributed by atoms with Gasteiger partial charge in [0, 0.05) is 48.2 Å². The van der Waals surface area contributed by atoms with Gasteiger partial charge in [0.1, 0.15) is 11.9 Å². The van der Waals surface area contributed by atoms with Gasteiger partial charge in [0.25, 0.3) is 11.8 Å². The molecule has 1 unspecified atom stereocenters. The Morgan fingerprint density at radius 1 is 0.975 bits per heavy atom. The van der Waals surface area contributed by atoms with Crippen molar-refractivity contribution in [2.24, 2.45) is 0 Å². The van der Waals surface area contributed by atoms with Gasteiger partial charge in [0.15, 0.2) is 0 Å². The van der Waals surface area contributed by atoms with Crippen molar-refractivity contribution in [3.05, 3.63) is 118 Å². The zero-order valence-corrected chi connectivity index (χ0v) is 22.3. The summed E-state index contributed by atoms with van der Waals surface area (Å²) in [6.45, 7) is 0.787. The summed E-state index contributed by atoms with van der Waals surface area (Å²) in [7, 11) is 0. The molecule has 40 heavy (non-hydrogen) atoms. The zero-order valence-electron chi connectivity index (χ0n) is 21.6. The molecule has 0 radical (unpaired) electrons. The number of hydrogen-bond donors (Lipinski definition) is 1. The molecule has 2 aromatic carbocycles. The van der Waals surface area contributed by atoms with Crippen molar-refractivity contribution >= 4 is 40.8 Å². The molecule has 1 atom stereocenters. The van der Waals surface area contributed by atoms with Gasteiger partial charge in [-0.15, -0.1) is 0 Å². The van der Waals surface area contributed by atoms with E-state index in [2.05, 4.69) is 15.3 Å². The van der Waals surface area contributed by atoms with E-state index in [0.717, 1.165) is 24.0 Å². The normalized spacial score (nSPS) is 16.6. The number of benzene rings is 2. The van der Waals surface area contributed by atoms with Gasteiger partial charge in [-0.05, 0) is 72.5 Å². The molecule has 4 heterocycles. The number of fused-ring (bicyclic) bond motifs is 2. The van der Waals surface area contributed by atoms with E-state index in [-0.39, 0.29) is 30.7 Å². The van der Waals surface area contributed by atoms with E-state index in [9.17, 15) is 14.4 Å². The minimum atomic E-state index is -0.800. The fourth-order valence-electron chi connectivity index (χ4n) is 5.27. The molecule has 0 saturated heterocycles. The fraction of sp³-hybridized carbons (Fsp3) is 0.194. The van der Waals surface area contributed by atoms with Crippen LogP contribution in [0.4, 0.5) is 11.5 Å². The average Bonchev–Trinajstić information content (AvgIpc) is 3.07. The van der Waals surface area contributed by atoms with Crippen LogP contribution >= 0.6 is 11.6 Å². The van der Waals surface area contributed by atoms with Gasteiger partial charge in [-0.3, -0.25) is 24.3 Å². The van der Waals surface area contributed by atoms with Gasteiger partial charge in [-0.2, -0.15) is 0 Å². The van der Waals surface area contributed by atoms with Crippen molar-refractivity contribution in [3.8, 4) is 0 Å². The lowest BCUT2D eigenvalue weighted by Gasteiger charge is -2.29. The molecule has 0 spiro atoms. The number of aryl methyl sites for hydroxylation is 1. The van der Waals surface area contributed by atoms with Crippen LogP contribution in [0.1, 0.15) is 44.0 Å². The monoisotopic (exact) mass is 551 g/mol. The Kier molecular flexibility index (Phi) is 7.00. The zero-order chi connectivity index (χ0) is 27.6. The number of carbonyl (C=O) groups is 3. The molecule has 0 aliphatic carbocycles. The van der Waals surface area contributed by atoms with E-state index in [1.54, 1.807) is 58.6 Å². The van der Waals surface area contributed by atoms with E-state index in [0.29, 0.717) is 39.9 Å². The van der Waals surface area contributed by atoms with Crippen LogP contribution in [-0.4, -0.2) is 45.2 Å². The number of amides is 3. The molecule has 2 aliphatic rings. The summed E-state index contributed by atoms with van der Waals surface area (Å²) in [5, 5.41) is 3.30. The van der Waals surface area contributed by atoms with Gasteiger partial charge in [0.05, 0.1) is 11.3 Å². The number of pyridine rings is 2. The molecule has 0 bridgehead atoms. The third-order valence-corrected chi connectivity index (χ3v) is 7.52. The van der Waals surface area contributed by atoms with Gasteiger partial charge in [0.2, 0.25) is 5.91 Å². The first-order chi connectivity index (χ1) is 19.5. The molecule has 8 nitrogen and oxygen atoms in total. The highest BCUT2D eigenvalue weighted by atomic mass is 35.5. The van der Waals surface area contributed by atoms with Gasteiger partial charge >= 0.3 is 0 Å². The largest absolute Gasteiger partial charge is 0.323 e. The Morgan fingerprint density at radius 3 is 2.60 bits per heavy atom. The van der Waals surface area contributed by atoms with Crippen molar-refractivity contribution in [2.75, 3.05) is 16.8 Å². The average molecular weight is 552 g/mol. The molecule has 200 valence electrons. The highest BCUT2D eigenvalue weighted by Gasteiger charge is 2.36. The minimum absolute atomic E-state index is 0.115. The van der Waals surface area contributed by atoms with Crippen molar-refractivity contribution < 1.29 is 14.4 Å². The predicted molar refractivity (Wildman–Crippen MR) is 152 cm³/mol. The first kappa shape index (κ1) is 25.7. The number of nitrogens with zero attached hydrogens (tertiary/aromatic N) is 4. The molecule has 2 aliphatic heterocycles. The first-order valence-electron chi connectivity index (χ1n) is 13.1. The number of nitrogens with one attached hydrogen (secondary N) is 1. The van der Waals surface area contributed by atoms with Crippen LogP contribution in [0.5, 0.6) is 0 Å². The second-order valence-electron chi connectivity index (χ2n) is 9.90. The summed E-state index contributed by atoms with van der Waals surface area (Å²) in [5.74, 6) is -0.0134. The minimum Gasteiger partial charge on any atom is -0.323 e. The summed E-state index contributed by atoms with van der Waals surface area (Å²) in [6, 6.07) is 20.6. The third-order valence-electron chi connectivity index (χ3n) is 7.29. The number of aromatic nitrogens is 2. The maximum Gasteiger partial charge on any atom is 0.259 e. The lowest BCUT2D eigenvalue weighted by molar-refractivity contribution is -0.120. The Balaban J connectivity index is 1.28. The molecule has 0 fully saturated rings.